The van der Waals surface area contributed by atoms with Crippen molar-refractivity contribution in [3.05, 3.63) is 35.4 Å². The van der Waals surface area contributed by atoms with E-state index in [1.807, 2.05) is 24.3 Å². The van der Waals surface area contributed by atoms with Crippen molar-refractivity contribution in [3.8, 4) is 0 Å². The van der Waals surface area contributed by atoms with Crippen molar-refractivity contribution < 1.29 is 4.79 Å². The number of nitrogens with one attached hydrogen (secondary N) is 2. The van der Waals surface area contributed by atoms with Gasteiger partial charge in [-0.1, -0.05) is 12.1 Å². The first kappa shape index (κ1) is 23.6. The van der Waals surface area contributed by atoms with Gasteiger partial charge in [0.25, 0.3) is 5.91 Å². The van der Waals surface area contributed by atoms with E-state index in [1.165, 1.54) is 0 Å². The molecule has 0 aliphatic heterocycles. The molecule has 0 unspecified atom stereocenters. The van der Waals surface area contributed by atoms with E-state index in [4.69, 9.17) is 0 Å². The van der Waals surface area contributed by atoms with Crippen molar-refractivity contribution in [2.45, 2.75) is 26.4 Å². The Balaban J connectivity index is 0.00000576. The quantitative estimate of drug-likeness (QED) is 0.371. The van der Waals surface area contributed by atoms with Crippen molar-refractivity contribution >= 4 is 35.8 Å². The molecule has 25 heavy (non-hydrogen) atoms. The molecule has 1 aromatic carbocycles. The van der Waals surface area contributed by atoms with Crippen LogP contribution < -0.4 is 10.6 Å². The standard InChI is InChI=1S/C18H31N5O.HI/c1-14(2)23(6)12-11-20-18(19-3)21-13-15-7-9-16(10-8-15)17(24)22(4)5;/h7-10,14H,11-13H2,1-6H3,(H2,19,20,21);1H. The van der Waals surface area contributed by atoms with Crippen LogP contribution in [0.25, 0.3) is 0 Å². The number of halogens is 1. The summed E-state index contributed by atoms with van der Waals surface area (Å²) in [5.74, 6) is 0.793. The first-order valence-corrected chi connectivity index (χ1v) is 8.30. The Labute approximate surface area is 169 Å². The summed E-state index contributed by atoms with van der Waals surface area (Å²) in [6.45, 7) is 6.82. The lowest BCUT2D eigenvalue weighted by Crippen LogP contribution is -2.41. The van der Waals surface area contributed by atoms with Crippen molar-refractivity contribution in [1.29, 1.82) is 0 Å². The number of rotatable bonds is 7. The van der Waals surface area contributed by atoms with Crippen LogP contribution in [0.5, 0.6) is 0 Å². The van der Waals surface area contributed by atoms with E-state index in [-0.39, 0.29) is 29.9 Å². The molecule has 0 heterocycles. The maximum absolute atomic E-state index is 11.9. The second-order valence-corrected chi connectivity index (χ2v) is 6.32. The number of aliphatic imine (C=N–C) groups is 1. The van der Waals surface area contributed by atoms with Crippen LogP contribution in [0.1, 0.15) is 29.8 Å². The molecule has 0 saturated carbocycles. The highest BCUT2D eigenvalue weighted by Gasteiger charge is 2.07. The van der Waals surface area contributed by atoms with Crippen LogP contribution >= 0.6 is 24.0 Å². The number of benzene rings is 1. The monoisotopic (exact) mass is 461 g/mol. The number of hydrogen-bond acceptors (Lipinski definition) is 3. The average molecular weight is 461 g/mol. The maximum atomic E-state index is 11.9. The molecule has 0 aliphatic carbocycles. The average Bonchev–Trinajstić information content (AvgIpc) is 2.57. The topological polar surface area (TPSA) is 60.0 Å². The predicted molar refractivity (Wildman–Crippen MR) is 116 cm³/mol. The van der Waals surface area contributed by atoms with E-state index in [9.17, 15) is 4.79 Å². The lowest BCUT2D eigenvalue weighted by Gasteiger charge is -2.21. The Kier molecular flexibility index (Phi) is 11.4. The van der Waals surface area contributed by atoms with Gasteiger partial charge in [0.2, 0.25) is 0 Å². The van der Waals surface area contributed by atoms with Gasteiger partial charge in [0.15, 0.2) is 5.96 Å². The van der Waals surface area contributed by atoms with Gasteiger partial charge in [0.1, 0.15) is 0 Å². The van der Waals surface area contributed by atoms with Crippen molar-refractivity contribution in [2.75, 3.05) is 41.3 Å². The van der Waals surface area contributed by atoms with E-state index < -0.39 is 0 Å². The second-order valence-electron chi connectivity index (χ2n) is 6.32. The molecule has 7 heteroatoms. The van der Waals surface area contributed by atoms with Gasteiger partial charge in [-0.2, -0.15) is 0 Å². The highest BCUT2D eigenvalue weighted by molar-refractivity contribution is 14.0. The third-order valence-electron chi connectivity index (χ3n) is 3.93. The summed E-state index contributed by atoms with van der Waals surface area (Å²) in [6.07, 6.45) is 0. The minimum atomic E-state index is 0. The highest BCUT2D eigenvalue weighted by atomic mass is 127. The third kappa shape index (κ3) is 8.53. The lowest BCUT2D eigenvalue weighted by atomic mass is 10.1. The summed E-state index contributed by atoms with van der Waals surface area (Å²) in [7, 11) is 7.38. The van der Waals surface area contributed by atoms with Crippen LogP contribution in [0.15, 0.2) is 29.3 Å². The van der Waals surface area contributed by atoms with E-state index in [0.29, 0.717) is 18.2 Å². The second kappa shape index (κ2) is 12.1. The zero-order valence-electron chi connectivity index (χ0n) is 16.2. The predicted octanol–water partition coefficient (Wildman–Crippen LogP) is 2.01. The number of amides is 1. The normalized spacial score (nSPS) is 11.3. The molecule has 0 saturated heterocycles. The molecule has 0 fully saturated rings. The summed E-state index contributed by atoms with van der Waals surface area (Å²) in [5, 5.41) is 6.59. The van der Waals surface area contributed by atoms with Crippen molar-refractivity contribution in [1.82, 2.24) is 20.4 Å². The Morgan fingerprint density at radius 1 is 1.12 bits per heavy atom. The zero-order chi connectivity index (χ0) is 18.1. The summed E-state index contributed by atoms with van der Waals surface area (Å²) in [6, 6.07) is 8.16. The van der Waals surface area contributed by atoms with Crippen LogP contribution in [0.3, 0.4) is 0 Å². The first-order chi connectivity index (χ1) is 11.3. The van der Waals surface area contributed by atoms with Gasteiger partial charge in [-0.15, -0.1) is 24.0 Å². The van der Waals surface area contributed by atoms with Crippen molar-refractivity contribution in [2.24, 2.45) is 4.99 Å². The van der Waals surface area contributed by atoms with Gasteiger partial charge in [-0.25, -0.2) is 0 Å². The Morgan fingerprint density at radius 2 is 1.72 bits per heavy atom. The van der Waals surface area contributed by atoms with Crippen LogP contribution in [0, 0.1) is 0 Å². The molecule has 1 amide bonds. The van der Waals surface area contributed by atoms with Crippen LogP contribution in [0.4, 0.5) is 0 Å². The molecule has 0 atom stereocenters. The molecular weight excluding hydrogens is 429 g/mol. The molecule has 6 nitrogen and oxygen atoms in total. The van der Waals surface area contributed by atoms with Gasteiger partial charge in [0.05, 0.1) is 0 Å². The molecule has 1 rings (SSSR count). The Hall–Kier alpha value is -1.35. The van der Waals surface area contributed by atoms with Crippen molar-refractivity contribution in [3.63, 3.8) is 0 Å². The molecule has 2 N–H and O–H groups in total. The highest BCUT2D eigenvalue weighted by Crippen LogP contribution is 2.06. The summed E-state index contributed by atoms with van der Waals surface area (Å²) < 4.78 is 0. The number of carbonyl (C=O) groups is 1. The molecule has 0 aromatic heterocycles. The smallest absolute Gasteiger partial charge is 0.253 e. The minimum Gasteiger partial charge on any atom is -0.355 e. The largest absolute Gasteiger partial charge is 0.355 e. The van der Waals surface area contributed by atoms with Gasteiger partial charge >= 0.3 is 0 Å². The van der Waals surface area contributed by atoms with E-state index >= 15 is 0 Å². The number of nitrogens with zero attached hydrogens (tertiary/aromatic N) is 3. The fourth-order valence-corrected chi connectivity index (χ4v) is 2.04. The summed E-state index contributed by atoms with van der Waals surface area (Å²) >= 11 is 0. The van der Waals surface area contributed by atoms with E-state index in [0.717, 1.165) is 24.6 Å². The van der Waals surface area contributed by atoms with Gasteiger partial charge in [0, 0.05) is 52.4 Å². The lowest BCUT2D eigenvalue weighted by molar-refractivity contribution is 0.0827. The number of likely N-dealkylation sites (N-methyl/N-ethyl adjacent to an activating group) is 1. The Morgan fingerprint density at radius 3 is 2.20 bits per heavy atom. The molecule has 0 radical (unpaired) electrons. The molecule has 0 aliphatic rings. The van der Waals surface area contributed by atoms with Crippen LogP contribution in [0.2, 0.25) is 0 Å². The number of carbonyl (C=O) groups excluding carboxylic acids is 1. The molecule has 142 valence electrons. The molecular formula is C18H32IN5O. The van der Waals surface area contributed by atoms with Gasteiger partial charge < -0.3 is 20.4 Å². The van der Waals surface area contributed by atoms with Gasteiger partial charge in [-0.05, 0) is 38.6 Å². The fraction of sp³-hybridized carbons (Fsp3) is 0.556. The number of guanidine groups is 1. The minimum absolute atomic E-state index is 0. The van der Waals surface area contributed by atoms with Gasteiger partial charge in [-0.3, -0.25) is 9.79 Å². The first-order valence-electron chi connectivity index (χ1n) is 8.30. The van der Waals surface area contributed by atoms with Crippen LogP contribution in [-0.4, -0.2) is 69.0 Å². The maximum Gasteiger partial charge on any atom is 0.253 e. The van der Waals surface area contributed by atoms with E-state index in [1.54, 1.807) is 26.0 Å². The third-order valence-corrected chi connectivity index (χ3v) is 3.93. The summed E-state index contributed by atoms with van der Waals surface area (Å²) in [4.78, 5) is 20.0. The SMILES string of the molecule is CN=C(NCCN(C)C(C)C)NCc1ccc(C(=O)N(C)C)cc1.I. The summed E-state index contributed by atoms with van der Waals surface area (Å²) in [5.41, 5.74) is 1.80. The molecule has 0 bridgehead atoms. The Bertz CT molecular complexity index is 543. The fourth-order valence-electron chi connectivity index (χ4n) is 2.04. The number of hydrogen-bond donors (Lipinski definition) is 2. The van der Waals surface area contributed by atoms with E-state index in [2.05, 4.69) is 41.4 Å². The zero-order valence-corrected chi connectivity index (χ0v) is 18.5. The van der Waals surface area contributed by atoms with Crippen LogP contribution in [-0.2, 0) is 6.54 Å². The molecule has 0 spiro atoms. The molecule has 1 aromatic rings.